The normalized spacial score (nSPS) is 10.6. The summed E-state index contributed by atoms with van der Waals surface area (Å²) in [4.78, 5) is 12.0. The van der Waals surface area contributed by atoms with E-state index in [2.05, 4.69) is 35.8 Å². The van der Waals surface area contributed by atoms with Crippen molar-refractivity contribution in [2.75, 3.05) is 6.61 Å². The molecule has 20 heavy (non-hydrogen) atoms. The highest BCUT2D eigenvalue weighted by Gasteiger charge is 2.07. The molecule has 0 aromatic heterocycles. The number of halogens is 1. The molecule has 0 aliphatic rings. The lowest BCUT2D eigenvalue weighted by molar-refractivity contribution is 0.0921. The third kappa shape index (κ3) is 3.94. The number of carbonyl (C=O) groups excluding carboxylic acids is 1. The van der Waals surface area contributed by atoms with E-state index in [0.717, 1.165) is 10.2 Å². The Morgan fingerprint density at radius 1 is 1.15 bits per heavy atom. The Morgan fingerprint density at radius 2 is 1.85 bits per heavy atom. The van der Waals surface area contributed by atoms with Gasteiger partial charge in [0.15, 0.2) is 12.4 Å². The molecule has 0 radical (unpaired) electrons. The first kappa shape index (κ1) is 14.8. The summed E-state index contributed by atoms with van der Waals surface area (Å²) in [5, 5.41) is 0. The fourth-order valence-corrected chi connectivity index (χ4v) is 2.10. The topological polar surface area (TPSA) is 26.3 Å². The summed E-state index contributed by atoms with van der Waals surface area (Å²) in [5.41, 5.74) is 1.87. The summed E-state index contributed by atoms with van der Waals surface area (Å²) in [6, 6.07) is 15.2. The van der Waals surface area contributed by atoms with Crippen LogP contribution in [0, 0.1) is 0 Å². The second-order valence-corrected chi connectivity index (χ2v) is 5.86. The molecule has 0 aliphatic carbocycles. The van der Waals surface area contributed by atoms with E-state index in [1.54, 1.807) is 12.1 Å². The Morgan fingerprint density at radius 3 is 2.50 bits per heavy atom. The molecule has 2 aromatic rings. The van der Waals surface area contributed by atoms with Crippen molar-refractivity contribution in [2.24, 2.45) is 0 Å². The van der Waals surface area contributed by atoms with E-state index >= 15 is 0 Å². The molecule has 0 fully saturated rings. The van der Waals surface area contributed by atoms with Crippen molar-refractivity contribution >= 4 is 21.7 Å². The monoisotopic (exact) mass is 332 g/mol. The minimum absolute atomic E-state index is 0.0209. The van der Waals surface area contributed by atoms with Crippen LogP contribution < -0.4 is 4.74 Å². The molecule has 3 heteroatoms. The van der Waals surface area contributed by atoms with Gasteiger partial charge in [-0.1, -0.05) is 54.0 Å². The van der Waals surface area contributed by atoms with E-state index in [9.17, 15) is 4.79 Å². The molecule has 2 nitrogen and oxygen atoms in total. The smallest absolute Gasteiger partial charge is 0.200 e. The number of benzene rings is 2. The lowest BCUT2D eigenvalue weighted by atomic mass is 10.0. The second kappa shape index (κ2) is 6.71. The van der Waals surface area contributed by atoms with Crippen LogP contribution in [0.5, 0.6) is 5.75 Å². The highest BCUT2D eigenvalue weighted by molar-refractivity contribution is 9.10. The largest absolute Gasteiger partial charge is 0.485 e. The number of ketones is 1. The fourth-order valence-electron chi connectivity index (χ4n) is 1.83. The van der Waals surface area contributed by atoms with Gasteiger partial charge in [-0.05, 0) is 35.7 Å². The summed E-state index contributed by atoms with van der Waals surface area (Å²) in [6.45, 7) is 4.32. The minimum Gasteiger partial charge on any atom is -0.485 e. The Bertz CT molecular complexity index is 588. The van der Waals surface area contributed by atoms with Crippen LogP contribution in [0.4, 0.5) is 0 Å². The third-order valence-corrected chi connectivity index (χ3v) is 3.59. The van der Waals surface area contributed by atoms with E-state index in [0.29, 0.717) is 11.5 Å². The predicted molar refractivity (Wildman–Crippen MR) is 84.5 cm³/mol. The van der Waals surface area contributed by atoms with Gasteiger partial charge in [0.25, 0.3) is 0 Å². The highest BCUT2D eigenvalue weighted by atomic mass is 79.9. The van der Waals surface area contributed by atoms with Crippen molar-refractivity contribution in [2.45, 2.75) is 19.8 Å². The van der Waals surface area contributed by atoms with Crippen molar-refractivity contribution in [1.82, 2.24) is 0 Å². The van der Waals surface area contributed by atoms with E-state index in [-0.39, 0.29) is 12.4 Å². The van der Waals surface area contributed by atoms with Gasteiger partial charge in [0.05, 0.1) is 0 Å². The van der Waals surface area contributed by atoms with Crippen molar-refractivity contribution in [3.8, 4) is 5.75 Å². The molecule has 0 spiro atoms. The zero-order chi connectivity index (χ0) is 14.5. The standard InChI is InChI=1S/C17H17BrO2/c1-12(2)14-4-3-5-16(10-14)20-11-17(19)13-6-8-15(18)9-7-13/h3-10,12H,11H2,1-2H3. The van der Waals surface area contributed by atoms with Gasteiger partial charge in [-0.15, -0.1) is 0 Å². The van der Waals surface area contributed by atoms with Crippen LogP contribution in [0.1, 0.15) is 35.7 Å². The third-order valence-electron chi connectivity index (χ3n) is 3.06. The molecule has 0 N–H and O–H groups in total. The summed E-state index contributed by atoms with van der Waals surface area (Å²) >= 11 is 3.35. The first-order chi connectivity index (χ1) is 9.56. The molecule has 0 saturated heterocycles. The predicted octanol–water partition coefficient (Wildman–Crippen LogP) is 4.83. The molecule has 2 rings (SSSR count). The van der Waals surface area contributed by atoms with E-state index in [1.165, 1.54) is 5.56 Å². The maximum atomic E-state index is 12.0. The summed E-state index contributed by atoms with van der Waals surface area (Å²) in [6.07, 6.45) is 0. The highest BCUT2D eigenvalue weighted by Crippen LogP contribution is 2.20. The molecule has 104 valence electrons. The van der Waals surface area contributed by atoms with Gasteiger partial charge in [0.1, 0.15) is 5.75 Å². The first-order valence-corrected chi connectivity index (χ1v) is 7.37. The Hall–Kier alpha value is -1.61. The molecular formula is C17H17BrO2. The molecule has 2 aromatic carbocycles. The maximum Gasteiger partial charge on any atom is 0.200 e. The number of hydrogen-bond acceptors (Lipinski definition) is 2. The zero-order valence-electron chi connectivity index (χ0n) is 11.6. The van der Waals surface area contributed by atoms with Crippen molar-refractivity contribution < 1.29 is 9.53 Å². The van der Waals surface area contributed by atoms with Gasteiger partial charge in [0, 0.05) is 10.0 Å². The average molecular weight is 333 g/mol. The molecule has 0 atom stereocenters. The van der Waals surface area contributed by atoms with E-state index < -0.39 is 0 Å². The molecule has 0 aliphatic heterocycles. The van der Waals surface area contributed by atoms with Crippen LogP contribution in [0.3, 0.4) is 0 Å². The number of rotatable bonds is 5. The van der Waals surface area contributed by atoms with Gasteiger partial charge in [0.2, 0.25) is 0 Å². The number of Topliss-reactive ketones (excluding diaryl/α,β-unsaturated/α-hetero) is 1. The zero-order valence-corrected chi connectivity index (χ0v) is 13.2. The molecule has 0 bridgehead atoms. The van der Waals surface area contributed by atoms with Gasteiger partial charge in [-0.2, -0.15) is 0 Å². The summed E-state index contributed by atoms with van der Waals surface area (Å²) in [7, 11) is 0. The van der Waals surface area contributed by atoms with Crippen molar-refractivity contribution in [1.29, 1.82) is 0 Å². The van der Waals surface area contributed by atoms with E-state index in [1.807, 2.05) is 30.3 Å². The van der Waals surface area contributed by atoms with Crippen LogP contribution >= 0.6 is 15.9 Å². The van der Waals surface area contributed by atoms with E-state index in [4.69, 9.17) is 4.74 Å². The number of hydrogen-bond donors (Lipinski definition) is 0. The van der Waals surface area contributed by atoms with Crippen LogP contribution in [0.25, 0.3) is 0 Å². The van der Waals surface area contributed by atoms with Gasteiger partial charge in [-0.25, -0.2) is 0 Å². The first-order valence-electron chi connectivity index (χ1n) is 6.58. The molecule has 0 amide bonds. The van der Waals surface area contributed by atoms with Gasteiger partial charge >= 0.3 is 0 Å². The number of carbonyl (C=O) groups is 1. The molecule has 0 heterocycles. The molecule has 0 saturated carbocycles. The Balaban J connectivity index is 1.99. The van der Waals surface area contributed by atoms with Crippen molar-refractivity contribution in [3.63, 3.8) is 0 Å². The maximum absolute atomic E-state index is 12.0. The lowest BCUT2D eigenvalue weighted by Gasteiger charge is -2.09. The van der Waals surface area contributed by atoms with Crippen LogP contribution in [-0.2, 0) is 0 Å². The molecule has 0 unspecified atom stereocenters. The van der Waals surface area contributed by atoms with Crippen LogP contribution in [0.15, 0.2) is 53.0 Å². The second-order valence-electron chi connectivity index (χ2n) is 4.95. The number of ether oxygens (including phenoxy) is 1. The summed E-state index contributed by atoms with van der Waals surface area (Å²) < 4.78 is 6.54. The van der Waals surface area contributed by atoms with Gasteiger partial charge < -0.3 is 4.74 Å². The SMILES string of the molecule is CC(C)c1cccc(OCC(=O)c2ccc(Br)cc2)c1. The Labute approximate surface area is 127 Å². The Kier molecular flexibility index (Phi) is 4.96. The summed E-state index contributed by atoms with van der Waals surface area (Å²) in [5.74, 6) is 1.16. The van der Waals surface area contributed by atoms with Gasteiger partial charge in [-0.3, -0.25) is 4.79 Å². The minimum atomic E-state index is -0.0209. The van der Waals surface area contributed by atoms with Crippen molar-refractivity contribution in [3.05, 3.63) is 64.1 Å². The quantitative estimate of drug-likeness (QED) is 0.732. The van der Waals surface area contributed by atoms with Crippen LogP contribution in [0.2, 0.25) is 0 Å². The van der Waals surface area contributed by atoms with Crippen LogP contribution in [-0.4, -0.2) is 12.4 Å². The fraction of sp³-hybridized carbons (Fsp3) is 0.235. The molecular weight excluding hydrogens is 316 g/mol. The lowest BCUT2D eigenvalue weighted by Crippen LogP contribution is -2.11. The average Bonchev–Trinajstić information content (AvgIpc) is 2.46.